The molecule has 118 valence electrons. The van der Waals surface area contributed by atoms with Crippen molar-refractivity contribution in [3.8, 4) is 0 Å². The number of hydrogen-bond acceptors (Lipinski definition) is 3. The summed E-state index contributed by atoms with van der Waals surface area (Å²) < 4.78 is 6.06. The fourth-order valence-electron chi connectivity index (χ4n) is 2.57. The highest BCUT2D eigenvalue weighted by Crippen LogP contribution is 2.32. The van der Waals surface area contributed by atoms with E-state index in [1.54, 1.807) is 18.7 Å². The predicted octanol–water partition coefficient (Wildman–Crippen LogP) is 3.37. The van der Waals surface area contributed by atoms with Crippen LogP contribution in [-0.4, -0.2) is 30.1 Å². The molecule has 1 aliphatic heterocycles. The van der Waals surface area contributed by atoms with E-state index in [9.17, 15) is 9.59 Å². The van der Waals surface area contributed by atoms with E-state index in [2.05, 4.69) is 21.2 Å². The molecule has 0 radical (unpaired) electrons. The van der Waals surface area contributed by atoms with Crippen LogP contribution in [0.2, 0.25) is 0 Å². The van der Waals surface area contributed by atoms with E-state index in [0.29, 0.717) is 24.4 Å². The van der Waals surface area contributed by atoms with Crippen LogP contribution in [0.15, 0.2) is 40.0 Å². The van der Waals surface area contributed by atoms with Crippen molar-refractivity contribution in [2.24, 2.45) is 0 Å². The van der Waals surface area contributed by atoms with Crippen LogP contribution in [0.3, 0.4) is 0 Å². The van der Waals surface area contributed by atoms with Crippen molar-refractivity contribution in [1.82, 2.24) is 10.2 Å². The van der Waals surface area contributed by atoms with Crippen molar-refractivity contribution in [1.29, 1.82) is 0 Å². The Kier molecular flexibility index (Phi) is 5.24. The lowest BCUT2D eigenvalue weighted by Gasteiger charge is -2.34. The maximum absolute atomic E-state index is 12.4. The van der Waals surface area contributed by atoms with Gasteiger partial charge in [0.1, 0.15) is 0 Å². The average molecular weight is 367 g/mol. The Hall–Kier alpha value is -1.82. The fourth-order valence-corrected chi connectivity index (χ4v) is 2.99. The summed E-state index contributed by atoms with van der Waals surface area (Å²) in [6.07, 6.45) is 0. The van der Waals surface area contributed by atoms with Gasteiger partial charge in [-0.3, -0.25) is 4.90 Å². The van der Waals surface area contributed by atoms with E-state index in [1.165, 1.54) is 0 Å². The molecule has 1 aromatic carbocycles. The van der Waals surface area contributed by atoms with Gasteiger partial charge in [0.2, 0.25) is 0 Å². The van der Waals surface area contributed by atoms with Crippen molar-refractivity contribution in [2.75, 3.05) is 13.2 Å². The number of allylic oxidation sites excluding steroid dienone is 1. The van der Waals surface area contributed by atoms with Crippen molar-refractivity contribution < 1.29 is 14.3 Å². The quantitative estimate of drug-likeness (QED) is 0.831. The lowest BCUT2D eigenvalue weighted by atomic mass is 9.95. The highest BCUT2D eigenvalue weighted by atomic mass is 79.9. The molecule has 1 atom stereocenters. The molecule has 1 N–H and O–H groups in total. The Balaban J connectivity index is 2.53. The van der Waals surface area contributed by atoms with Crippen LogP contribution in [0.25, 0.3) is 0 Å². The first kappa shape index (κ1) is 16.5. The Morgan fingerprint density at radius 3 is 2.73 bits per heavy atom. The fraction of sp³-hybridized carbons (Fsp3) is 0.375. The van der Waals surface area contributed by atoms with Gasteiger partial charge in [0.15, 0.2) is 0 Å². The van der Waals surface area contributed by atoms with Crippen molar-refractivity contribution >= 4 is 27.9 Å². The van der Waals surface area contributed by atoms with Crippen molar-refractivity contribution in [2.45, 2.75) is 26.8 Å². The van der Waals surface area contributed by atoms with Crippen LogP contribution in [0.1, 0.15) is 32.4 Å². The standard InChI is InChI=1S/C16H19BrN2O3/c1-4-19-10(3)13(15(20)22-5-2)14(18-16(19)21)11-7-6-8-12(17)9-11/h6-9,14H,4-5H2,1-3H3,(H,18,21)/t14-/m1/s1. The maximum atomic E-state index is 12.4. The van der Waals surface area contributed by atoms with Crippen LogP contribution in [0.4, 0.5) is 4.79 Å². The second-order valence-electron chi connectivity index (χ2n) is 4.90. The number of nitrogens with zero attached hydrogens (tertiary/aromatic N) is 1. The molecule has 0 aromatic heterocycles. The molecule has 0 fully saturated rings. The molecular weight excluding hydrogens is 348 g/mol. The molecule has 0 bridgehead atoms. The van der Waals surface area contributed by atoms with Crippen LogP contribution < -0.4 is 5.32 Å². The maximum Gasteiger partial charge on any atom is 0.338 e. The van der Waals surface area contributed by atoms with Crippen LogP contribution in [-0.2, 0) is 9.53 Å². The van der Waals surface area contributed by atoms with Gasteiger partial charge >= 0.3 is 12.0 Å². The molecule has 0 unspecified atom stereocenters. The number of hydrogen-bond donors (Lipinski definition) is 1. The van der Waals surface area contributed by atoms with Gasteiger partial charge in [0.05, 0.1) is 18.2 Å². The zero-order valence-electron chi connectivity index (χ0n) is 12.9. The predicted molar refractivity (Wildman–Crippen MR) is 87.1 cm³/mol. The van der Waals surface area contributed by atoms with Gasteiger partial charge in [-0.2, -0.15) is 0 Å². The molecule has 22 heavy (non-hydrogen) atoms. The second-order valence-corrected chi connectivity index (χ2v) is 5.82. The number of nitrogens with one attached hydrogen (secondary N) is 1. The Labute approximate surface area is 138 Å². The lowest BCUT2D eigenvalue weighted by Crippen LogP contribution is -2.47. The minimum absolute atomic E-state index is 0.210. The number of carbonyl (C=O) groups is 2. The van der Waals surface area contributed by atoms with Crippen LogP contribution >= 0.6 is 15.9 Å². The van der Waals surface area contributed by atoms with Gasteiger partial charge in [0, 0.05) is 16.7 Å². The number of halogens is 1. The highest BCUT2D eigenvalue weighted by Gasteiger charge is 2.35. The molecule has 1 aromatic rings. The van der Waals surface area contributed by atoms with Gasteiger partial charge in [-0.15, -0.1) is 0 Å². The SMILES string of the molecule is CCOC(=O)C1=C(C)N(CC)C(=O)N[C@@H]1c1cccc(Br)c1. The smallest absolute Gasteiger partial charge is 0.338 e. The summed E-state index contributed by atoms with van der Waals surface area (Å²) in [5, 5.41) is 2.89. The number of ether oxygens (including phenoxy) is 1. The highest BCUT2D eigenvalue weighted by molar-refractivity contribution is 9.10. The van der Waals surface area contributed by atoms with Crippen molar-refractivity contribution in [3.63, 3.8) is 0 Å². The third-order valence-electron chi connectivity index (χ3n) is 3.59. The third kappa shape index (κ3) is 3.16. The minimum Gasteiger partial charge on any atom is -0.463 e. The first-order chi connectivity index (χ1) is 10.5. The number of benzene rings is 1. The summed E-state index contributed by atoms with van der Waals surface area (Å²) in [6.45, 7) is 6.19. The molecule has 1 heterocycles. The van der Waals surface area contributed by atoms with E-state index < -0.39 is 12.0 Å². The van der Waals surface area contributed by atoms with E-state index in [0.717, 1.165) is 10.0 Å². The van der Waals surface area contributed by atoms with Gasteiger partial charge in [-0.25, -0.2) is 9.59 Å². The van der Waals surface area contributed by atoms with Crippen molar-refractivity contribution in [3.05, 3.63) is 45.6 Å². The minimum atomic E-state index is -0.508. The summed E-state index contributed by atoms with van der Waals surface area (Å²) in [5.41, 5.74) is 1.94. The molecule has 1 aliphatic rings. The first-order valence-electron chi connectivity index (χ1n) is 7.21. The van der Waals surface area contributed by atoms with E-state index >= 15 is 0 Å². The number of amides is 2. The molecule has 6 heteroatoms. The summed E-state index contributed by atoms with van der Waals surface area (Å²) in [5.74, 6) is -0.400. The second kappa shape index (κ2) is 6.96. The van der Waals surface area contributed by atoms with Gasteiger partial charge in [0.25, 0.3) is 0 Å². The van der Waals surface area contributed by atoms with Gasteiger partial charge in [-0.05, 0) is 38.5 Å². The van der Waals surface area contributed by atoms with Gasteiger partial charge < -0.3 is 10.1 Å². The summed E-state index contributed by atoms with van der Waals surface area (Å²) in [7, 11) is 0. The number of carbonyl (C=O) groups excluding carboxylic acids is 2. The van der Waals surface area contributed by atoms with E-state index in [1.807, 2.05) is 31.2 Å². The molecule has 2 amide bonds. The summed E-state index contributed by atoms with van der Waals surface area (Å²) >= 11 is 3.42. The lowest BCUT2D eigenvalue weighted by molar-refractivity contribution is -0.139. The summed E-state index contributed by atoms with van der Waals surface area (Å²) in [6, 6.07) is 6.82. The van der Waals surface area contributed by atoms with Crippen LogP contribution in [0.5, 0.6) is 0 Å². The Bertz CT molecular complexity index is 628. The molecule has 0 saturated carbocycles. The monoisotopic (exact) mass is 366 g/mol. The largest absolute Gasteiger partial charge is 0.463 e. The van der Waals surface area contributed by atoms with E-state index in [4.69, 9.17) is 4.74 Å². The Morgan fingerprint density at radius 1 is 1.41 bits per heavy atom. The van der Waals surface area contributed by atoms with E-state index in [-0.39, 0.29) is 6.03 Å². The molecular formula is C16H19BrN2O3. The molecule has 5 nitrogen and oxygen atoms in total. The zero-order valence-corrected chi connectivity index (χ0v) is 14.4. The Morgan fingerprint density at radius 2 is 2.14 bits per heavy atom. The van der Waals surface area contributed by atoms with Crippen LogP contribution in [0, 0.1) is 0 Å². The number of rotatable bonds is 4. The molecule has 0 saturated heterocycles. The normalized spacial score (nSPS) is 18.3. The zero-order chi connectivity index (χ0) is 16.3. The third-order valence-corrected chi connectivity index (χ3v) is 4.08. The number of urea groups is 1. The topological polar surface area (TPSA) is 58.6 Å². The molecule has 0 spiro atoms. The summed E-state index contributed by atoms with van der Waals surface area (Å²) in [4.78, 5) is 26.2. The first-order valence-corrected chi connectivity index (χ1v) is 8.00. The molecule has 2 rings (SSSR count). The van der Waals surface area contributed by atoms with Gasteiger partial charge in [-0.1, -0.05) is 28.1 Å². The number of esters is 1. The average Bonchev–Trinajstić information content (AvgIpc) is 2.47. The molecule has 0 aliphatic carbocycles.